The van der Waals surface area contributed by atoms with E-state index in [9.17, 15) is 14.7 Å². The summed E-state index contributed by atoms with van der Waals surface area (Å²) >= 11 is 5.74. The molecule has 2 aromatic carbocycles. The van der Waals surface area contributed by atoms with Crippen molar-refractivity contribution in [3.63, 3.8) is 0 Å². The van der Waals surface area contributed by atoms with Gasteiger partial charge in [0.25, 0.3) is 5.91 Å². The number of carbonyl (C=O) groups excluding carboxylic acids is 2. The maximum absolute atomic E-state index is 12.0. The summed E-state index contributed by atoms with van der Waals surface area (Å²) in [6.45, 7) is 0. The van der Waals surface area contributed by atoms with Crippen LogP contribution in [0.25, 0.3) is 0 Å². The van der Waals surface area contributed by atoms with E-state index in [1.807, 2.05) is 18.2 Å². The minimum Gasteiger partial charge on any atom is -0.548 e. The van der Waals surface area contributed by atoms with Crippen molar-refractivity contribution in [3.05, 3.63) is 70.7 Å². The van der Waals surface area contributed by atoms with Crippen LogP contribution < -0.4 is 10.4 Å². The predicted octanol–water partition coefficient (Wildman–Crippen LogP) is 1.43. The molecule has 1 N–H and O–H groups in total. The highest BCUT2D eigenvalue weighted by Gasteiger charge is 2.15. The van der Waals surface area contributed by atoms with Crippen LogP contribution in [0.15, 0.2) is 54.6 Å². The third kappa shape index (κ3) is 4.33. The fourth-order valence-electron chi connectivity index (χ4n) is 1.89. The van der Waals surface area contributed by atoms with Gasteiger partial charge in [0.2, 0.25) is 0 Å². The van der Waals surface area contributed by atoms with Crippen LogP contribution in [0.1, 0.15) is 15.9 Å². The second-order valence-corrected chi connectivity index (χ2v) is 4.98. The van der Waals surface area contributed by atoms with E-state index in [0.717, 1.165) is 5.56 Å². The minimum absolute atomic E-state index is 0.169. The zero-order valence-electron chi connectivity index (χ0n) is 11.1. The van der Waals surface area contributed by atoms with Crippen molar-refractivity contribution >= 4 is 23.5 Å². The monoisotopic (exact) mass is 302 g/mol. The summed E-state index contributed by atoms with van der Waals surface area (Å²) in [4.78, 5) is 23.2. The molecule has 0 spiro atoms. The Morgan fingerprint density at radius 2 is 1.67 bits per heavy atom. The first-order valence-corrected chi connectivity index (χ1v) is 6.75. The van der Waals surface area contributed by atoms with Gasteiger partial charge in [0.15, 0.2) is 0 Å². The molecular weight excluding hydrogens is 290 g/mol. The number of hydrogen-bond donors (Lipinski definition) is 1. The van der Waals surface area contributed by atoms with Crippen molar-refractivity contribution in [2.45, 2.75) is 12.5 Å². The number of carbonyl (C=O) groups is 2. The van der Waals surface area contributed by atoms with Crippen LogP contribution in [0, 0.1) is 0 Å². The lowest BCUT2D eigenvalue weighted by molar-refractivity contribution is -0.308. The lowest BCUT2D eigenvalue weighted by Crippen LogP contribution is -2.49. The third-order valence-corrected chi connectivity index (χ3v) is 3.23. The fourth-order valence-corrected chi connectivity index (χ4v) is 2.01. The van der Waals surface area contributed by atoms with Crippen molar-refractivity contribution in [2.24, 2.45) is 0 Å². The summed E-state index contributed by atoms with van der Waals surface area (Å²) in [5, 5.41) is 14.1. The quantitative estimate of drug-likeness (QED) is 0.908. The zero-order valence-corrected chi connectivity index (χ0v) is 11.8. The molecule has 108 valence electrons. The maximum atomic E-state index is 12.0. The van der Waals surface area contributed by atoms with Crippen LogP contribution in [0.3, 0.4) is 0 Å². The summed E-state index contributed by atoms with van der Waals surface area (Å²) in [6, 6.07) is 14.2. The summed E-state index contributed by atoms with van der Waals surface area (Å²) in [7, 11) is 0. The second-order valence-electron chi connectivity index (χ2n) is 4.54. The van der Waals surface area contributed by atoms with Gasteiger partial charge in [-0.1, -0.05) is 41.9 Å². The molecule has 21 heavy (non-hydrogen) atoms. The molecule has 5 heteroatoms. The topological polar surface area (TPSA) is 69.2 Å². The number of halogens is 1. The largest absolute Gasteiger partial charge is 0.548 e. The Bertz CT molecular complexity index is 626. The van der Waals surface area contributed by atoms with Gasteiger partial charge in [-0.25, -0.2) is 0 Å². The number of benzene rings is 2. The molecule has 0 saturated carbocycles. The Kier molecular flexibility index (Phi) is 4.95. The molecule has 0 fully saturated rings. The van der Waals surface area contributed by atoms with E-state index in [-0.39, 0.29) is 6.42 Å². The molecule has 2 aromatic rings. The molecule has 1 atom stereocenters. The smallest absolute Gasteiger partial charge is 0.251 e. The van der Waals surface area contributed by atoms with E-state index in [4.69, 9.17) is 11.6 Å². The van der Waals surface area contributed by atoms with Crippen molar-refractivity contribution in [2.75, 3.05) is 0 Å². The van der Waals surface area contributed by atoms with Crippen molar-refractivity contribution in [1.82, 2.24) is 5.32 Å². The van der Waals surface area contributed by atoms with Gasteiger partial charge in [0.05, 0.1) is 12.0 Å². The SMILES string of the molecule is O=C(N[C@@H](Cc1ccccc1)C(=O)[O-])c1ccc(Cl)cc1. The molecule has 0 heterocycles. The molecule has 0 unspecified atom stereocenters. The summed E-state index contributed by atoms with van der Waals surface area (Å²) < 4.78 is 0. The van der Waals surface area contributed by atoms with Crippen molar-refractivity contribution < 1.29 is 14.7 Å². The van der Waals surface area contributed by atoms with Crippen molar-refractivity contribution in [3.8, 4) is 0 Å². The maximum Gasteiger partial charge on any atom is 0.251 e. The molecular formula is C16H13ClNO3-. The van der Waals surface area contributed by atoms with Gasteiger partial charge in [-0.2, -0.15) is 0 Å². The Labute approximate surface area is 127 Å². The predicted molar refractivity (Wildman–Crippen MR) is 77.9 cm³/mol. The minimum atomic E-state index is -1.32. The Morgan fingerprint density at radius 1 is 1.05 bits per heavy atom. The van der Waals surface area contributed by atoms with E-state index in [2.05, 4.69) is 5.32 Å². The van der Waals surface area contributed by atoms with Gasteiger partial charge in [-0.3, -0.25) is 4.79 Å². The van der Waals surface area contributed by atoms with Gasteiger partial charge in [0, 0.05) is 10.6 Å². The molecule has 4 nitrogen and oxygen atoms in total. The van der Waals surface area contributed by atoms with Gasteiger partial charge in [-0.15, -0.1) is 0 Å². The molecule has 0 aromatic heterocycles. The molecule has 2 rings (SSSR count). The number of hydrogen-bond acceptors (Lipinski definition) is 3. The van der Waals surface area contributed by atoms with E-state index in [0.29, 0.717) is 10.6 Å². The lowest BCUT2D eigenvalue weighted by atomic mass is 10.1. The van der Waals surface area contributed by atoms with Crippen molar-refractivity contribution in [1.29, 1.82) is 0 Å². The molecule has 1 amide bonds. The summed E-state index contributed by atoms with van der Waals surface area (Å²) in [5.74, 6) is -1.79. The number of carboxylic acids is 1. The van der Waals surface area contributed by atoms with Crippen LogP contribution in [-0.4, -0.2) is 17.9 Å². The number of amides is 1. The first-order chi connectivity index (χ1) is 10.1. The molecule has 0 bridgehead atoms. The van der Waals surface area contributed by atoms with E-state index < -0.39 is 17.9 Å². The zero-order chi connectivity index (χ0) is 15.2. The summed E-state index contributed by atoms with van der Waals surface area (Å²) in [6.07, 6.45) is 0.169. The standard InChI is InChI=1S/C16H14ClNO3/c17-13-8-6-12(7-9-13)15(19)18-14(16(20)21)10-11-4-2-1-3-5-11/h1-9,14H,10H2,(H,18,19)(H,20,21)/p-1/t14-/m0/s1. The number of carboxylic acid groups (broad SMARTS) is 1. The number of aliphatic carboxylic acids is 1. The Hall–Kier alpha value is -2.33. The molecule has 0 aliphatic heterocycles. The average Bonchev–Trinajstić information content (AvgIpc) is 2.48. The van der Waals surface area contributed by atoms with Gasteiger partial charge < -0.3 is 15.2 Å². The third-order valence-electron chi connectivity index (χ3n) is 2.98. The van der Waals surface area contributed by atoms with Crippen LogP contribution in [0.2, 0.25) is 5.02 Å². The Morgan fingerprint density at radius 3 is 2.24 bits per heavy atom. The Balaban J connectivity index is 2.07. The number of nitrogens with one attached hydrogen (secondary N) is 1. The number of rotatable bonds is 5. The van der Waals surface area contributed by atoms with E-state index in [1.165, 1.54) is 12.1 Å². The molecule has 0 aliphatic rings. The van der Waals surface area contributed by atoms with Crippen LogP contribution in [0.5, 0.6) is 0 Å². The first kappa shape index (κ1) is 15.1. The fraction of sp³-hybridized carbons (Fsp3) is 0.125. The molecule has 0 radical (unpaired) electrons. The average molecular weight is 303 g/mol. The van der Waals surface area contributed by atoms with E-state index in [1.54, 1.807) is 24.3 Å². The summed E-state index contributed by atoms with van der Waals surface area (Å²) in [5.41, 5.74) is 1.15. The molecule has 0 aliphatic carbocycles. The van der Waals surface area contributed by atoms with Crippen LogP contribution in [-0.2, 0) is 11.2 Å². The van der Waals surface area contributed by atoms with Gasteiger partial charge >= 0.3 is 0 Å². The van der Waals surface area contributed by atoms with Gasteiger partial charge in [0.1, 0.15) is 0 Å². The van der Waals surface area contributed by atoms with E-state index >= 15 is 0 Å². The second kappa shape index (κ2) is 6.90. The highest BCUT2D eigenvalue weighted by Crippen LogP contribution is 2.10. The van der Waals surface area contributed by atoms with Crippen LogP contribution >= 0.6 is 11.6 Å². The normalized spacial score (nSPS) is 11.7. The molecule has 0 saturated heterocycles. The lowest BCUT2D eigenvalue weighted by Gasteiger charge is -2.20. The first-order valence-electron chi connectivity index (χ1n) is 6.37. The highest BCUT2D eigenvalue weighted by molar-refractivity contribution is 6.30. The van der Waals surface area contributed by atoms with Crippen LogP contribution in [0.4, 0.5) is 0 Å². The van der Waals surface area contributed by atoms with Gasteiger partial charge in [-0.05, 0) is 36.2 Å². The highest BCUT2D eigenvalue weighted by atomic mass is 35.5.